The average molecular weight is 285 g/mol. The van der Waals surface area contributed by atoms with Gasteiger partial charge in [-0.05, 0) is 43.4 Å². The van der Waals surface area contributed by atoms with Gasteiger partial charge in [0.2, 0.25) is 0 Å². The summed E-state index contributed by atoms with van der Waals surface area (Å²) in [6.07, 6.45) is 5.22. The number of fused-ring (bicyclic) bond motifs is 1. The van der Waals surface area contributed by atoms with Crippen molar-refractivity contribution in [3.63, 3.8) is 0 Å². The van der Waals surface area contributed by atoms with Crippen molar-refractivity contribution in [1.82, 2.24) is 9.97 Å². The second kappa shape index (κ2) is 5.94. The fraction of sp³-hybridized carbons (Fsp3) is 0.375. The largest absolute Gasteiger partial charge is 0.323 e. The van der Waals surface area contributed by atoms with Gasteiger partial charge in [0.05, 0.1) is 0 Å². The molecule has 4 heteroatoms. The molecular weight excluding hydrogens is 266 g/mol. The quantitative estimate of drug-likeness (QED) is 0.679. The molecule has 0 radical (unpaired) electrons. The molecule has 0 aliphatic heterocycles. The molecule has 1 aliphatic carbocycles. The van der Waals surface area contributed by atoms with Crippen molar-refractivity contribution in [3.05, 3.63) is 53.3 Å². The number of thioether (sulfide) groups is 1. The number of rotatable bonds is 2. The Bertz CT molecular complexity index is 600. The summed E-state index contributed by atoms with van der Waals surface area (Å²) >= 11 is 1.72. The summed E-state index contributed by atoms with van der Waals surface area (Å²) in [6, 6.07) is 10.5. The lowest BCUT2D eigenvalue weighted by molar-refractivity contribution is 0.630. The second-order valence-corrected chi connectivity index (χ2v) is 6.46. The van der Waals surface area contributed by atoms with E-state index in [0.29, 0.717) is 5.25 Å². The van der Waals surface area contributed by atoms with Crippen LogP contribution in [0.1, 0.15) is 35.7 Å². The molecule has 0 saturated carbocycles. The van der Waals surface area contributed by atoms with Crippen LogP contribution in [0.3, 0.4) is 0 Å². The maximum absolute atomic E-state index is 6.50. The lowest BCUT2D eigenvalue weighted by atomic mass is 10.00. The van der Waals surface area contributed by atoms with Crippen LogP contribution in [-0.2, 0) is 6.42 Å². The molecule has 0 spiro atoms. The number of benzene rings is 1. The molecule has 2 aromatic rings. The molecule has 0 bridgehead atoms. The van der Waals surface area contributed by atoms with Crippen molar-refractivity contribution in [2.24, 2.45) is 5.73 Å². The Morgan fingerprint density at radius 2 is 2.10 bits per heavy atom. The first kappa shape index (κ1) is 13.6. The van der Waals surface area contributed by atoms with Crippen molar-refractivity contribution >= 4 is 11.8 Å². The minimum atomic E-state index is 0.0582. The molecule has 0 amide bonds. The predicted octanol–water partition coefficient (Wildman–Crippen LogP) is 3.28. The SMILES string of the molecule is Cc1ccnc(SC2CCCc3ccccc3C2N)n1. The fourth-order valence-corrected chi connectivity index (χ4v) is 3.88. The molecule has 3 nitrogen and oxygen atoms in total. The zero-order valence-electron chi connectivity index (χ0n) is 11.6. The Balaban J connectivity index is 1.84. The van der Waals surface area contributed by atoms with Gasteiger partial charge in [0.1, 0.15) is 0 Å². The van der Waals surface area contributed by atoms with Gasteiger partial charge in [-0.2, -0.15) is 0 Å². The Morgan fingerprint density at radius 3 is 2.95 bits per heavy atom. The minimum Gasteiger partial charge on any atom is -0.323 e. The van der Waals surface area contributed by atoms with Gasteiger partial charge in [-0.3, -0.25) is 0 Å². The van der Waals surface area contributed by atoms with E-state index < -0.39 is 0 Å². The summed E-state index contributed by atoms with van der Waals surface area (Å²) in [5.41, 5.74) is 10.2. The molecule has 0 fully saturated rings. The van der Waals surface area contributed by atoms with Gasteiger partial charge in [0, 0.05) is 23.2 Å². The zero-order valence-corrected chi connectivity index (χ0v) is 12.4. The van der Waals surface area contributed by atoms with E-state index in [2.05, 4.69) is 34.2 Å². The molecule has 1 aromatic heterocycles. The van der Waals surface area contributed by atoms with Crippen molar-refractivity contribution < 1.29 is 0 Å². The Morgan fingerprint density at radius 1 is 1.25 bits per heavy atom. The Hall–Kier alpha value is -1.39. The van der Waals surface area contributed by atoms with E-state index in [-0.39, 0.29) is 6.04 Å². The van der Waals surface area contributed by atoms with Crippen LogP contribution < -0.4 is 5.73 Å². The number of aryl methyl sites for hydroxylation is 2. The van der Waals surface area contributed by atoms with E-state index in [0.717, 1.165) is 23.7 Å². The van der Waals surface area contributed by atoms with Crippen LogP contribution in [0.4, 0.5) is 0 Å². The van der Waals surface area contributed by atoms with Crippen LogP contribution >= 0.6 is 11.8 Å². The molecule has 1 heterocycles. The van der Waals surface area contributed by atoms with E-state index in [1.165, 1.54) is 17.5 Å². The average Bonchev–Trinajstić information content (AvgIpc) is 2.60. The summed E-state index contributed by atoms with van der Waals surface area (Å²) < 4.78 is 0. The van der Waals surface area contributed by atoms with E-state index in [9.17, 15) is 0 Å². The van der Waals surface area contributed by atoms with Gasteiger partial charge in [0.15, 0.2) is 5.16 Å². The highest BCUT2D eigenvalue weighted by molar-refractivity contribution is 7.99. The lowest BCUT2D eigenvalue weighted by Crippen LogP contribution is -2.23. The molecule has 0 saturated heterocycles. The summed E-state index contributed by atoms with van der Waals surface area (Å²) in [5, 5.41) is 1.19. The smallest absolute Gasteiger partial charge is 0.188 e. The first-order valence-corrected chi connectivity index (χ1v) is 7.92. The Kier molecular flexibility index (Phi) is 4.03. The van der Waals surface area contributed by atoms with Crippen LogP contribution in [0.15, 0.2) is 41.7 Å². The van der Waals surface area contributed by atoms with Gasteiger partial charge < -0.3 is 5.73 Å². The molecule has 2 atom stereocenters. The molecule has 20 heavy (non-hydrogen) atoms. The van der Waals surface area contributed by atoms with Crippen molar-refractivity contribution in [2.45, 2.75) is 42.6 Å². The van der Waals surface area contributed by atoms with Crippen molar-refractivity contribution in [3.8, 4) is 0 Å². The van der Waals surface area contributed by atoms with E-state index in [1.54, 1.807) is 11.8 Å². The highest BCUT2D eigenvalue weighted by atomic mass is 32.2. The maximum atomic E-state index is 6.50. The first-order chi connectivity index (χ1) is 9.74. The first-order valence-electron chi connectivity index (χ1n) is 7.04. The van der Waals surface area contributed by atoms with Gasteiger partial charge in [-0.25, -0.2) is 9.97 Å². The van der Waals surface area contributed by atoms with Crippen LogP contribution in [0.2, 0.25) is 0 Å². The Labute approximate surface area is 124 Å². The van der Waals surface area contributed by atoms with Crippen LogP contribution in [0.5, 0.6) is 0 Å². The third-order valence-electron chi connectivity index (χ3n) is 3.78. The van der Waals surface area contributed by atoms with Crippen LogP contribution in [-0.4, -0.2) is 15.2 Å². The fourth-order valence-electron chi connectivity index (χ4n) is 2.71. The standard InChI is InChI=1S/C16H19N3S/c1-11-9-10-18-16(19-11)20-14-8-4-6-12-5-2-3-7-13(12)15(14)17/h2-3,5,7,9-10,14-15H,4,6,8,17H2,1H3. The van der Waals surface area contributed by atoms with Crippen LogP contribution in [0.25, 0.3) is 0 Å². The van der Waals surface area contributed by atoms with Crippen molar-refractivity contribution in [1.29, 1.82) is 0 Å². The molecule has 3 rings (SSSR count). The highest BCUT2D eigenvalue weighted by Gasteiger charge is 2.26. The van der Waals surface area contributed by atoms with E-state index in [4.69, 9.17) is 5.73 Å². The van der Waals surface area contributed by atoms with Gasteiger partial charge in [-0.15, -0.1) is 0 Å². The van der Waals surface area contributed by atoms with Gasteiger partial charge in [-0.1, -0.05) is 36.0 Å². The van der Waals surface area contributed by atoms with Crippen molar-refractivity contribution in [2.75, 3.05) is 0 Å². The van der Waals surface area contributed by atoms with Gasteiger partial charge in [0.25, 0.3) is 0 Å². The number of hydrogen-bond donors (Lipinski definition) is 1. The number of nitrogens with two attached hydrogens (primary N) is 1. The van der Waals surface area contributed by atoms with Gasteiger partial charge >= 0.3 is 0 Å². The van der Waals surface area contributed by atoms with E-state index >= 15 is 0 Å². The third kappa shape index (κ3) is 2.86. The van der Waals surface area contributed by atoms with Crippen LogP contribution in [0, 0.1) is 6.92 Å². The molecular formula is C16H19N3S. The lowest BCUT2D eigenvalue weighted by Gasteiger charge is -2.21. The highest BCUT2D eigenvalue weighted by Crippen LogP contribution is 2.36. The molecule has 2 N–H and O–H groups in total. The number of hydrogen-bond acceptors (Lipinski definition) is 4. The summed E-state index contributed by atoms with van der Waals surface area (Å²) in [7, 11) is 0. The van der Waals surface area contributed by atoms with E-state index in [1.807, 2.05) is 19.2 Å². The second-order valence-electron chi connectivity index (χ2n) is 5.25. The maximum Gasteiger partial charge on any atom is 0.188 e. The number of nitrogens with zero attached hydrogens (tertiary/aromatic N) is 2. The summed E-state index contributed by atoms with van der Waals surface area (Å²) in [6.45, 7) is 1.99. The predicted molar refractivity (Wildman–Crippen MR) is 82.7 cm³/mol. The normalized spacial score (nSPS) is 22.1. The monoisotopic (exact) mass is 285 g/mol. The number of aromatic nitrogens is 2. The third-order valence-corrected chi connectivity index (χ3v) is 5.02. The molecule has 104 valence electrons. The molecule has 1 aromatic carbocycles. The minimum absolute atomic E-state index is 0.0582. The zero-order chi connectivity index (χ0) is 13.9. The molecule has 1 aliphatic rings. The summed E-state index contributed by atoms with van der Waals surface area (Å²) in [4.78, 5) is 8.84. The summed E-state index contributed by atoms with van der Waals surface area (Å²) in [5.74, 6) is 0. The topological polar surface area (TPSA) is 51.8 Å². The molecule has 2 unspecified atom stereocenters.